The molecule has 0 bridgehead atoms. The van der Waals surface area contributed by atoms with Crippen LogP contribution in [0.5, 0.6) is 0 Å². The summed E-state index contributed by atoms with van der Waals surface area (Å²) >= 11 is 5.93. The van der Waals surface area contributed by atoms with Gasteiger partial charge in [-0.15, -0.1) is 0 Å². The van der Waals surface area contributed by atoms with Gasteiger partial charge in [0.25, 0.3) is 0 Å². The molecule has 0 aliphatic rings. The fraction of sp³-hybridized carbons (Fsp3) is 0. The van der Waals surface area contributed by atoms with E-state index in [-0.39, 0.29) is 10.6 Å². The van der Waals surface area contributed by atoms with Crippen LogP contribution >= 0.6 is 11.6 Å². The van der Waals surface area contributed by atoms with Crippen LogP contribution in [0.1, 0.15) is 10.4 Å². The van der Waals surface area contributed by atoms with Gasteiger partial charge < -0.3 is 15.4 Å². The number of H-pyrrole nitrogens is 1. The minimum atomic E-state index is -1.06. The Morgan fingerprint density at radius 1 is 1.30 bits per heavy atom. The number of carboxylic acid groups (broad SMARTS) is 1. The lowest BCUT2D eigenvalue weighted by molar-refractivity contribution is 0.0697. The van der Waals surface area contributed by atoms with E-state index >= 15 is 0 Å². The van der Waals surface area contributed by atoms with Crippen molar-refractivity contribution in [3.8, 4) is 0 Å². The molecule has 0 saturated heterocycles. The van der Waals surface area contributed by atoms with Crippen molar-refractivity contribution in [2.45, 2.75) is 0 Å². The van der Waals surface area contributed by atoms with Crippen molar-refractivity contribution in [2.24, 2.45) is 0 Å². The molecule has 0 unspecified atom stereocenters. The summed E-state index contributed by atoms with van der Waals surface area (Å²) in [6.07, 6.45) is 3.21. The summed E-state index contributed by atoms with van der Waals surface area (Å²) in [6, 6.07) is 6.48. The molecular weight excluding hydrogens is 280 g/mol. The molecule has 0 fully saturated rings. The maximum atomic E-state index is 10.9. The van der Waals surface area contributed by atoms with E-state index in [4.69, 9.17) is 16.7 Å². The quantitative estimate of drug-likeness (QED) is 0.689. The summed E-state index contributed by atoms with van der Waals surface area (Å²) in [6.45, 7) is 0. The van der Waals surface area contributed by atoms with Gasteiger partial charge in [0.15, 0.2) is 0 Å². The summed E-state index contributed by atoms with van der Waals surface area (Å²) in [5.74, 6) is -0.438. The van der Waals surface area contributed by atoms with Crippen molar-refractivity contribution in [3.05, 3.63) is 47.4 Å². The number of benzene rings is 1. The van der Waals surface area contributed by atoms with Gasteiger partial charge in [-0.2, -0.15) is 0 Å². The number of carbonyl (C=O) groups is 1. The van der Waals surface area contributed by atoms with Gasteiger partial charge >= 0.3 is 5.97 Å². The van der Waals surface area contributed by atoms with Crippen molar-refractivity contribution in [2.75, 3.05) is 5.32 Å². The first kappa shape index (κ1) is 12.4. The fourth-order valence-corrected chi connectivity index (χ4v) is 2.14. The van der Waals surface area contributed by atoms with E-state index in [2.05, 4.69) is 20.3 Å². The van der Waals surface area contributed by atoms with Gasteiger partial charge in [-0.1, -0.05) is 11.6 Å². The van der Waals surface area contributed by atoms with E-state index in [1.807, 2.05) is 6.07 Å². The van der Waals surface area contributed by atoms with Gasteiger partial charge in [-0.05, 0) is 24.3 Å². The average molecular weight is 289 g/mol. The summed E-state index contributed by atoms with van der Waals surface area (Å²) in [7, 11) is 0. The number of hydrogen-bond donors (Lipinski definition) is 3. The van der Waals surface area contributed by atoms with Crippen molar-refractivity contribution in [3.63, 3.8) is 0 Å². The molecule has 7 heteroatoms. The molecule has 0 spiro atoms. The lowest BCUT2D eigenvalue weighted by Gasteiger charge is -2.07. The highest BCUT2D eigenvalue weighted by atomic mass is 35.5. The smallest absolute Gasteiger partial charge is 0.337 e. The van der Waals surface area contributed by atoms with Crippen molar-refractivity contribution in [1.29, 1.82) is 0 Å². The molecule has 20 heavy (non-hydrogen) atoms. The molecule has 0 aliphatic heterocycles. The summed E-state index contributed by atoms with van der Waals surface area (Å²) < 4.78 is 0. The Hall–Kier alpha value is -2.60. The molecule has 3 rings (SSSR count). The van der Waals surface area contributed by atoms with Crippen LogP contribution in [0.15, 0.2) is 36.8 Å². The minimum Gasteiger partial charge on any atom is -0.478 e. The highest BCUT2D eigenvalue weighted by Gasteiger charge is 2.10. The number of rotatable bonds is 3. The summed E-state index contributed by atoms with van der Waals surface area (Å²) in [4.78, 5) is 22.1. The Morgan fingerprint density at radius 3 is 2.90 bits per heavy atom. The van der Waals surface area contributed by atoms with Crippen LogP contribution in [0.4, 0.5) is 11.5 Å². The number of aromatic amines is 1. The molecule has 0 radical (unpaired) electrons. The Labute approximate surface area is 118 Å². The molecule has 0 saturated carbocycles. The minimum absolute atomic E-state index is 0.0618. The van der Waals surface area contributed by atoms with Crippen molar-refractivity contribution >= 4 is 40.1 Å². The van der Waals surface area contributed by atoms with Crippen LogP contribution in [0, 0.1) is 0 Å². The van der Waals surface area contributed by atoms with E-state index in [0.717, 1.165) is 11.0 Å². The van der Waals surface area contributed by atoms with Gasteiger partial charge in [-0.3, -0.25) is 0 Å². The van der Waals surface area contributed by atoms with E-state index in [1.165, 1.54) is 12.4 Å². The van der Waals surface area contributed by atoms with E-state index < -0.39 is 5.97 Å². The summed E-state index contributed by atoms with van der Waals surface area (Å²) in [5.41, 5.74) is 1.43. The third-order valence-electron chi connectivity index (χ3n) is 2.82. The summed E-state index contributed by atoms with van der Waals surface area (Å²) in [5, 5.41) is 13.0. The molecule has 100 valence electrons. The van der Waals surface area contributed by atoms with Crippen LogP contribution < -0.4 is 5.32 Å². The number of carboxylic acids is 1. The number of aromatic nitrogens is 3. The molecule has 3 aromatic rings. The lowest BCUT2D eigenvalue weighted by atomic mass is 10.2. The SMILES string of the molecule is O=C(O)c1ccc(Nc2ncnc3[nH]ccc23)cc1Cl. The van der Waals surface area contributed by atoms with Gasteiger partial charge in [0.05, 0.1) is 16.0 Å². The molecule has 6 nitrogen and oxygen atoms in total. The van der Waals surface area contributed by atoms with Gasteiger partial charge in [-0.25, -0.2) is 14.8 Å². The number of hydrogen-bond acceptors (Lipinski definition) is 4. The van der Waals surface area contributed by atoms with E-state index in [1.54, 1.807) is 18.3 Å². The second-order valence-corrected chi connectivity index (χ2v) is 4.49. The topological polar surface area (TPSA) is 90.9 Å². The fourth-order valence-electron chi connectivity index (χ4n) is 1.88. The molecule has 0 atom stereocenters. The number of anilines is 2. The highest BCUT2D eigenvalue weighted by molar-refractivity contribution is 6.33. The zero-order valence-corrected chi connectivity index (χ0v) is 10.8. The maximum Gasteiger partial charge on any atom is 0.337 e. The first-order valence-electron chi connectivity index (χ1n) is 5.73. The van der Waals surface area contributed by atoms with E-state index in [0.29, 0.717) is 11.5 Å². The molecule has 0 aliphatic carbocycles. The van der Waals surface area contributed by atoms with Gasteiger partial charge in [0.2, 0.25) is 0 Å². The number of fused-ring (bicyclic) bond motifs is 1. The second-order valence-electron chi connectivity index (χ2n) is 4.09. The Bertz CT molecular complexity index is 800. The zero-order valence-electron chi connectivity index (χ0n) is 10.1. The predicted molar refractivity (Wildman–Crippen MR) is 75.6 cm³/mol. The number of nitrogens with zero attached hydrogens (tertiary/aromatic N) is 2. The molecule has 2 aromatic heterocycles. The average Bonchev–Trinajstić information content (AvgIpc) is 2.87. The third kappa shape index (κ3) is 2.17. The number of halogens is 1. The Balaban J connectivity index is 1.97. The Kier molecular flexibility index (Phi) is 3.00. The van der Waals surface area contributed by atoms with Crippen LogP contribution in [0.3, 0.4) is 0 Å². The molecule has 0 amide bonds. The molecular formula is C13H9ClN4O2. The lowest BCUT2D eigenvalue weighted by Crippen LogP contribution is -1.99. The monoisotopic (exact) mass is 288 g/mol. The molecule has 1 aromatic carbocycles. The van der Waals surface area contributed by atoms with E-state index in [9.17, 15) is 4.79 Å². The maximum absolute atomic E-state index is 10.9. The van der Waals surface area contributed by atoms with Crippen molar-refractivity contribution in [1.82, 2.24) is 15.0 Å². The van der Waals surface area contributed by atoms with Crippen LogP contribution in [0.25, 0.3) is 11.0 Å². The first-order valence-corrected chi connectivity index (χ1v) is 6.11. The Morgan fingerprint density at radius 2 is 2.15 bits per heavy atom. The van der Waals surface area contributed by atoms with Crippen LogP contribution in [-0.4, -0.2) is 26.0 Å². The third-order valence-corrected chi connectivity index (χ3v) is 3.13. The molecule has 3 N–H and O–H groups in total. The highest BCUT2D eigenvalue weighted by Crippen LogP contribution is 2.26. The number of aromatic carboxylic acids is 1. The van der Waals surface area contributed by atoms with Crippen LogP contribution in [0.2, 0.25) is 5.02 Å². The zero-order chi connectivity index (χ0) is 14.1. The molecule has 2 heterocycles. The van der Waals surface area contributed by atoms with Crippen molar-refractivity contribution < 1.29 is 9.90 Å². The number of nitrogens with one attached hydrogen (secondary N) is 2. The standard InChI is InChI=1S/C13H9ClN4O2/c14-10-5-7(1-2-8(10)13(19)20)18-12-9-3-4-15-11(9)16-6-17-12/h1-6H,(H,19,20)(H2,15,16,17,18). The van der Waals surface area contributed by atoms with Crippen LogP contribution in [-0.2, 0) is 0 Å². The first-order chi connectivity index (χ1) is 9.65. The largest absolute Gasteiger partial charge is 0.478 e. The van der Waals surface area contributed by atoms with Gasteiger partial charge in [0.1, 0.15) is 17.8 Å². The normalized spacial score (nSPS) is 10.7. The second kappa shape index (κ2) is 4.82. The predicted octanol–water partition coefficient (Wildman–Crippen LogP) is 3.05. The van der Waals surface area contributed by atoms with Gasteiger partial charge in [0, 0.05) is 11.9 Å².